The Labute approximate surface area is 205 Å². The van der Waals surface area contributed by atoms with Crippen molar-refractivity contribution in [3.63, 3.8) is 0 Å². The summed E-state index contributed by atoms with van der Waals surface area (Å²) in [6.07, 6.45) is 13.4. The minimum Gasteiger partial charge on any atom is -0.273 e. The van der Waals surface area contributed by atoms with E-state index in [0.717, 1.165) is 15.9 Å². The molecule has 0 amide bonds. The van der Waals surface area contributed by atoms with Crippen LogP contribution in [0.15, 0.2) is 83.5 Å². The zero-order chi connectivity index (χ0) is 21.2. The summed E-state index contributed by atoms with van der Waals surface area (Å²) >= 11 is 0. The summed E-state index contributed by atoms with van der Waals surface area (Å²) in [6.45, 7) is 13.0. The quantitative estimate of drug-likeness (QED) is 0.361. The van der Waals surface area contributed by atoms with Gasteiger partial charge in [-0.15, -0.1) is 13.3 Å². The molecular weight excluding hydrogens is 456 g/mol. The van der Waals surface area contributed by atoms with Crippen molar-refractivity contribution in [2.75, 3.05) is 0 Å². The van der Waals surface area contributed by atoms with Gasteiger partial charge < -0.3 is 0 Å². The molecule has 0 aromatic heterocycles. The number of aryl methyl sites for hydroxylation is 2. The molecule has 2 aromatic carbocycles. The first-order valence-corrected chi connectivity index (χ1v) is 11.3. The van der Waals surface area contributed by atoms with Gasteiger partial charge in [0.2, 0.25) is 0 Å². The van der Waals surface area contributed by atoms with E-state index in [1.807, 2.05) is 12.2 Å². The number of allylic oxidation sites excluding steroid dienone is 8. The standard InChI is InChI=1S/C14H14Si.C9H13.C5H5.Zr/c1-11-7-3-5-9-13(11)15-14-10-6-4-8-12(14)2;1-6-5-7(2)9(4)8(6)3;1-2-4-5-3-1;/h3-10H,1-2H3;6H,1-4H3;1-3H,4H2;/q;2*-1;+2. The minimum atomic E-state index is 0. The summed E-state index contributed by atoms with van der Waals surface area (Å²) in [5.41, 5.74) is 7.02. The summed E-state index contributed by atoms with van der Waals surface area (Å²) in [5.74, 6) is 0.560. The third-order valence-electron chi connectivity index (χ3n) is 5.38. The van der Waals surface area contributed by atoms with Gasteiger partial charge in [-0.05, 0) is 13.8 Å². The fourth-order valence-corrected chi connectivity index (χ4v) is 4.28. The average Bonchev–Trinajstić information content (AvgIpc) is 3.36. The molecule has 1 atom stereocenters. The molecule has 0 fully saturated rings. The minimum absolute atomic E-state index is 0. The third-order valence-corrected chi connectivity index (χ3v) is 7.04. The van der Waals surface area contributed by atoms with E-state index in [0.29, 0.717) is 5.92 Å². The maximum absolute atomic E-state index is 3.36. The van der Waals surface area contributed by atoms with E-state index in [-0.39, 0.29) is 26.2 Å². The SMILES string of the molecule is CC1=[C-]C(C)C(C)=C1C.Cc1ccccc1[Si]c1ccccc1C.[C-]1=CC=CC1.[Zr+2]. The second-order valence-electron chi connectivity index (χ2n) is 7.56. The van der Waals surface area contributed by atoms with Gasteiger partial charge in [-0.1, -0.05) is 96.7 Å². The van der Waals surface area contributed by atoms with Crippen molar-refractivity contribution in [1.29, 1.82) is 0 Å². The van der Waals surface area contributed by atoms with Crippen LogP contribution in [0.1, 0.15) is 45.2 Å². The van der Waals surface area contributed by atoms with E-state index < -0.39 is 0 Å². The van der Waals surface area contributed by atoms with Crippen LogP contribution in [0.4, 0.5) is 0 Å². The summed E-state index contributed by atoms with van der Waals surface area (Å²) < 4.78 is 0. The van der Waals surface area contributed by atoms with Crippen LogP contribution >= 0.6 is 0 Å². The molecule has 0 nitrogen and oxygen atoms in total. The molecule has 1 unspecified atom stereocenters. The van der Waals surface area contributed by atoms with E-state index >= 15 is 0 Å². The maximum Gasteiger partial charge on any atom is 2.00 e. The predicted octanol–water partition coefficient (Wildman–Crippen LogP) is 5.98. The molecule has 30 heavy (non-hydrogen) atoms. The van der Waals surface area contributed by atoms with Crippen LogP contribution in [0.5, 0.6) is 0 Å². The molecule has 0 N–H and O–H groups in total. The number of hydrogen-bond donors (Lipinski definition) is 0. The summed E-state index contributed by atoms with van der Waals surface area (Å²) in [7, 11) is 0.774. The van der Waals surface area contributed by atoms with E-state index in [2.05, 4.69) is 108 Å². The fraction of sp³-hybridized carbons (Fsp3) is 0.286. The number of rotatable bonds is 2. The van der Waals surface area contributed by atoms with E-state index in [9.17, 15) is 0 Å². The van der Waals surface area contributed by atoms with Gasteiger partial charge in [0.25, 0.3) is 0 Å². The Hall–Kier alpha value is -1.50. The molecule has 2 heteroatoms. The number of benzene rings is 2. The van der Waals surface area contributed by atoms with Gasteiger partial charge in [-0.2, -0.15) is 17.2 Å². The van der Waals surface area contributed by atoms with Crippen LogP contribution in [0.25, 0.3) is 0 Å². The molecule has 2 aliphatic rings. The Morgan fingerprint density at radius 3 is 1.63 bits per heavy atom. The van der Waals surface area contributed by atoms with Crippen molar-refractivity contribution < 1.29 is 26.2 Å². The second-order valence-corrected chi connectivity index (χ2v) is 8.88. The Bertz CT molecular complexity index is 878. The van der Waals surface area contributed by atoms with Crippen LogP contribution in [0, 0.1) is 31.9 Å². The summed E-state index contributed by atoms with van der Waals surface area (Å²) in [6, 6.07) is 17.2. The third kappa shape index (κ3) is 8.32. The van der Waals surface area contributed by atoms with Crippen molar-refractivity contribution in [3.05, 3.63) is 107 Å². The topological polar surface area (TPSA) is 0 Å². The van der Waals surface area contributed by atoms with Crippen molar-refractivity contribution in [3.8, 4) is 0 Å². The van der Waals surface area contributed by atoms with Crippen LogP contribution < -0.4 is 10.4 Å². The van der Waals surface area contributed by atoms with Crippen LogP contribution in [-0.2, 0) is 26.2 Å². The molecule has 0 saturated heterocycles. The number of hydrogen-bond acceptors (Lipinski definition) is 0. The Morgan fingerprint density at radius 2 is 1.37 bits per heavy atom. The first-order chi connectivity index (χ1) is 13.9. The molecule has 2 aromatic rings. The predicted molar refractivity (Wildman–Crippen MR) is 129 cm³/mol. The van der Waals surface area contributed by atoms with Crippen molar-refractivity contribution in [1.82, 2.24) is 0 Å². The van der Waals surface area contributed by atoms with Gasteiger partial charge in [0.05, 0.1) is 0 Å². The molecule has 0 spiro atoms. The van der Waals surface area contributed by atoms with Crippen LogP contribution in [-0.4, -0.2) is 9.52 Å². The van der Waals surface area contributed by atoms with E-state index in [4.69, 9.17) is 0 Å². The average molecular weight is 488 g/mol. The summed E-state index contributed by atoms with van der Waals surface area (Å²) in [5, 5.41) is 2.90. The molecule has 2 aliphatic carbocycles. The zero-order valence-corrected chi connectivity index (χ0v) is 22.6. The van der Waals surface area contributed by atoms with Gasteiger partial charge in [-0.3, -0.25) is 12.2 Å². The van der Waals surface area contributed by atoms with Crippen LogP contribution in [0.2, 0.25) is 0 Å². The van der Waals surface area contributed by atoms with Crippen LogP contribution in [0.3, 0.4) is 0 Å². The van der Waals surface area contributed by atoms with Crippen molar-refractivity contribution in [2.24, 2.45) is 5.92 Å². The molecule has 0 saturated carbocycles. The molecular formula is C28H32SiZr. The van der Waals surface area contributed by atoms with Gasteiger partial charge in [0.15, 0.2) is 0 Å². The van der Waals surface area contributed by atoms with Crippen molar-refractivity contribution >= 4 is 19.9 Å². The van der Waals surface area contributed by atoms with Gasteiger partial charge in [0, 0.05) is 0 Å². The molecule has 152 valence electrons. The molecule has 0 heterocycles. The molecule has 2 radical (unpaired) electrons. The smallest absolute Gasteiger partial charge is 0.273 e. The first-order valence-electron chi connectivity index (χ1n) is 10.3. The zero-order valence-electron chi connectivity index (χ0n) is 19.1. The van der Waals surface area contributed by atoms with Crippen molar-refractivity contribution in [2.45, 2.75) is 48.0 Å². The van der Waals surface area contributed by atoms with E-state index in [1.165, 1.54) is 38.2 Å². The molecule has 0 aliphatic heterocycles. The Kier molecular flexibility index (Phi) is 12.1. The fourth-order valence-electron chi connectivity index (χ4n) is 3.07. The van der Waals surface area contributed by atoms with Gasteiger partial charge in [-0.25, -0.2) is 17.7 Å². The summed E-state index contributed by atoms with van der Waals surface area (Å²) in [4.78, 5) is 0. The monoisotopic (exact) mass is 486 g/mol. The molecule has 4 rings (SSSR count). The maximum atomic E-state index is 3.36. The largest absolute Gasteiger partial charge is 2.00 e. The van der Waals surface area contributed by atoms with Gasteiger partial charge >= 0.3 is 26.2 Å². The van der Waals surface area contributed by atoms with Gasteiger partial charge in [0.1, 0.15) is 9.52 Å². The Balaban J connectivity index is 0.000000254. The first kappa shape index (κ1) is 26.5. The second kappa shape index (κ2) is 13.7. The Morgan fingerprint density at radius 1 is 0.833 bits per heavy atom. The van der Waals surface area contributed by atoms with E-state index in [1.54, 1.807) is 0 Å². The normalized spacial score (nSPS) is 16.2. The molecule has 0 bridgehead atoms.